The molecular weight excluding hydrogens is 311 g/mol. The van der Waals surface area contributed by atoms with Crippen LogP contribution < -0.4 is 0 Å². The Morgan fingerprint density at radius 1 is 1.14 bits per heavy atom. The lowest BCUT2D eigenvalue weighted by Gasteiger charge is -2.15. The second-order valence-corrected chi connectivity index (χ2v) is 5.41. The first kappa shape index (κ1) is 15.8. The lowest BCUT2D eigenvalue weighted by molar-refractivity contribution is -0.151. The van der Waals surface area contributed by atoms with Crippen molar-refractivity contribution in [2.75, 3.05) is 0 Å². The van der Waals surface area contributed by atoms with E-state index >= 15 is 0 Å². The summed E-state index contributed by atoms with van der Waals surface area (Å²) in [5, 5.41) is 10.2. The van der Waals surface area contributed by atoms with E-state index in [2.05, 4.69) is 0 Å². The molecule has 0 fully saturated rings. The number of benzene rings is 2. The first-order chi connectivity index (χ1) is 10.1. The Balaban J connectivity index is 2.04. The van der Waals surface area contributed by atoms with Gasteiger partial charge in [0.15, 0.2) is 6.10 Å². The molecular formula is C16H14Cl2O3. The summed E-state index contributed by atoms with van der Waals surface area (Å²) in [7, 11) is 0. The minimum absolute atomic E-state index is 0.193. The second-order valence-electron chi connectivity index (χ2n) is 4.56. The molecule has 1 atom stereocenters. The average molecular weight is 325 g/mol. The summed E-state index contributed by atoms with van der Waals surface area (Å²) in [6, 6.07) is 14.4. The molecule has 0 aliphatic rings. The molecule has 0 aliphatic carbocycles. The number of halogens is 2. The zero-order valence-corrected chi connectivity index (χ0v) is 12.6. The van der Waals surface area contributed by atoms with Crippen LogP contribution in [0.1, 0.15) is 11.1 Å². The van der Waals surface area contributed by atoms with Gasteiger partial charge in [-0.05, 0) is 23.3 Å². The summed E-state index contributed by atoms with van der Waals surface area (Å²) in [6.07, 6.45) is -0.762. The van der Waals surface area contributed by atoms with E-state index in [1.165, 1.54) is 0 Å². The third-order valence-corrected chi connectivity index (χ3v) is 3.58. The van der Waals surface area contributed by atoms with Crippen molar-refractivity contribution in [2.24, 2.45) is 0 Å². The fraction of sp³-hybridized carbons (Fsp3) is 0.188. The lowest BCUT2D eigenvalue weighted by Crippen LogP contribution is -2.26. The molecule has 1 N–H and O–H groups in total. The maximum atomic E-state index is 11.3. The first-order valence-corrected chi connectivity index (χ1v) is 7.14. The molecule has 2 rings (SSSR count). The number of carboxylic acid groups (broad SMARTS) is 1. The molecule has 0 amide bonds. The highest BCUT2D eigenvalue weighted by molar-refractivity contribution is 6.35. The fourth-order valence-corrected chi connectivity index (χ4v) is 2.36. The highest BCUT2D eigenvalue weighted by Gasteiger charge is 2.20. The maximum Gasteiger partial charge on any atom is 0.333 e. The normalized spacial score (nSPS) is 12.1. The van der Waals surface area contributed by atoms with Crippen LogP contribution in [0.15, 0.2) is 48.5 Å². The van der Waals surface area contributed by atoms with E-state index in [9.17, 15) is 9.90 Å². The lowest BCUT2D eigenvalue weighted by atomic mass is 10.1. The van der Waals surface area contributed by atoms with Gasteiger partial charge in [-0.15, -0.1) is 0 Å². The molecule has 0 aliphatic heterocycles. The van der Waals surface area contributed by atoms with Gasteiger partial charge in [-0.3, -0.25) is 0 Å². The number of carbonyl (C=O) groups is 1. The molecule has 0 saturated carbocycles. The summed E-state index contributed by atoms with van der Waals surface area (Å²) in [5.41, 5.74) is 1.62. The number of ether oxygens (including phenoxy) is 1. The van der Waals surface area contributed by atoms with Crippen LogP contribution in [0, 0.1) is 0 Å². The smallest absolute Gasteiger partial charge is 0.333 e. The maximum absolute atomic E-state index is 11.3. The van der Waals surface area contributed by atoms with E-state index in [-0.39, 0.29) is 13.0 Å². The average Bonchev–Trinajstić information content (AvgIpc) is 2.46. The van der Waals surface area contributed by atoms with Crippen molar-refractivity contribution >= 4 is 29.2 Å². The molecule has 110 valence electrons. The number of hydrogen-bond donors (Lipinski definition) is 1. The minimum Gasteiger partial charge on any atom is -0.479 e. The van der Waals surface area contributed by atoms with Crippen LogP contribution in [0.2, 0.25) is 10.0 Å². The van der Waals surface area contributed by atoms with Crippen LogP contribution in [0.5, 0.6) is 0 Å². The quantitative estimate of drug-likeness (QED) is 0.865. The Kier molecular flexibility index (Phi) is 5.62. The first-order valence-electron chi connectivity index (χ1n) is 6.38. The van der Waals surface area contributed by atoms with Crippen LogP contribution in [-0.4, -0.2) is 17.2 Å². The van der Waals surface area contributed by atoms with E-state index < -0.39 is 12.1 Å². The summed E-state index contributed by atoms with van der Waals surface area (Å²) in [5.74, 6) is -1.02. The summed E-state index contributed by atoms with van der Waals surface area (Å²) in [4.78, 5) is 11.3. The largest absolute Gasteiger partial charge is 0.479 e. The molecule has 0 heterocycles. The second kappa shape index (κ2) is 7.46. The molecule has 0 unspecified atom stereocenters. The van der Waals surface area contributed by atoms with Gasteiger partial charge < -0.3 is 9.84 Å². The van der Waals surface area contributed by atoms with Crippen LogP contribution in [-0.2, 0) is 22.6 Å². The topological polar surface area (TPSA) is 46.5 Å². The van der Waals surface area contributed by atoms with Crippen LogP contribution in [0.4, 0.5) is 0 Å². The monoisotopic (exact) mass is 324 g/mol. The van der Waals surface area contributed by atoms with E-state index in [0.717, 1.165) is 5.56 Å². The molecule has 2 aromatic carbocycles. The van der Waals surface area contributed by atoms with Gasteiger partial charge in [0.05, 0.1) is 6.61 Å². The van der Waals surface area contributed by atoms with Gasteiger partial charge in [-0.1, -0.05) is 59.6 Å². The van der Waals surface area contributed by atoms with E-state index in [1.54, 1.807) is 18.2 Å². The molecule has 5 heteroatoms. The summed E-state index contributed by atoms with van der Waals surface area (Å²) in [6.45, 7) is 0.239. The zero-order valence-electron chi connectivity index (χ0n) is 11.1. The van der Waals surface area contributed by atoms with Gasteiger partial charge in [0.1, 0.15) is 0 Å². The summed E-state index contributed by atoms with van der Waals surface area (Å²) < 4.78 is 5.49. The molecule has 0 radical (unpaired) electrons. The van der Waals surface area contributed by atoms with E-state index in [4.69, 9.17) is 27.9 Å². The molecule has 0 aromatic heterocycles. The number of aliphatic carboxylic acids is 1. The highest BCUT2D eigenvalue weighted by Crippen LogP contribution is 2.23. The van der Waals surface area contributed by atoms with Crippen LogP contribution in [0.3, 0.4) is 0 Å². The van der Waals surface area contributed by atoms with Crippen LogP contribution in [0.25, 0.3) is 0 Å². The fourth-order valence-electron chi connectivity index (χ4n) is 1.88. The Hall–Kier alpha value is -1.55. The molecule has 3 nitrogen and oxygen atoms in total. The molecule has 21 heavy (non-hydrogen) atoms. The predicted molar refractivity (Wildman–Crippen MR) is 82.8 cm³/mol. The minimum atomic E-state index is -1.02. The molecule has 0 saturated heterocycles. The van der Waals surface area contributed by atoms with Crippen molar-refractivity contribution in [3.63, 3.8) is 0 Å². The van der Waals surface area contributed by atoms with Gasteiger partial charge in [0.2, 0.25) is 0 Å². The van der Waals surface area contributed by atoms with Crippen molar-refractivity contribution in [1.29, 1.82) is 0 Å². The highest BCUT2D eigenvalue weighted by atomic mass is 35.5. The van der Waals surface area contributed by atoms with E-state index in [1.807, 2.05) is 30.3 Å². The van der Waals surface area contributed by atoms with E-state index in [0.29, 0.717) is 15.6 Å². The number of carboxylic acids is 1. The van der Waals surface area contributed by atoms with Crippen molar-refractivity contribution in [3.8, 4) is 0 Å². The summed E-state index contributed by atoms with van der Waals surface area (Å²) >= 11 is 11.9. The van der Waals surface area contributed by atoms with Crippen molar-refractivity contribution in [2.45, 2.75) is 19.1 Å². The van der Waals surface area contributed by atoms with Gasteiger partial charge in [-0.2, -0.15) is 0 Å². The van der Waals surface area contributed by atoms with Gasteiger partial charge in [0, 0.05) is 16.5 Å². The van der Waals surface area contributed by atoms with Gasteiger partial charge in [0.25, 0.3) is 0 Å². The third kappa shape index (κ3) is 4.74. The van der Waals surface area contributed by atoms with Crippen molar-refractivity contribution in [3.05, 3.63) is 69.7 Å². The Labute approximate surface area is 133 Å². The van der Waals surface area contributed by atoms with Crippen molar-refractivity contribution in [1.82, 2.24) is 0 Å². The Morgan fingerprint density at radius 2 is 1.86 bits per heavy atom. The molecule has 0 bridgehead atoms. The molecule has 2 aromatic rings. The number of hydrogen-bond acceptors (Lipinski definition) is 2. The number of rotatable bonds is 6. The van der Waals surface area contributed by atoms with Gasteiger partial charge >= 0.3 is 5.97 Å². The Morgan fingerprint density at radius 3 is 2.48 bits per heavy atom. The predicted octanol–water partition coefficient (Wildman–Crippen LogP) is 4.21. The zero-order chi connectivity index (χ0) is 15.2. The Bertz CT molecular complexity index is 614. The van der Waals surface area contributed by atoms with Crippen molar-refractivity contribution < 1.29 is 14.6 Å². The SMILES string of the molecule is O=C(O)[C@@H](Cc1ccc(Cl)cc1Cl)OCc1ccccc1. The van der Waals surface area contributed by atoms with Crippen LogP contribution >= 0.6 is 23.2 Å². The molecule has 0 spiro atoms. The third-order valence-electron chi connectivity index (χ3n) is 2.99. The standard InChI is InChI=1S/C16H14Cl2O3/c17-13-7-6-12(14(18)9-13)8-15(16(19)20)21-10-11-4-2-1-3-5-11/h1-7,9,15H,8,10H2,(H,19,20)/t15-/m1/s1. The van der Waals surface area contributed by atoms with Gasteiger partial charge in [-0.25, -0.2) is 4.79 Å².